The first-order chi connectivity index (χ1) is 7.47. The van der Waals surface area contributed by atoms with E-state index < -0.39 is 18.5 Å². The van der Waals surface area contributed by atoms with Crippen LogP contribution < -0.4 is 5.32 Å². The van der Waals surface area contributed by atoms with Gasteiger partial charge in [0.2, 0.25) is 0 Å². The van der Waals surface area contributed by atoms with Gasteiger partial charge in [0.05, 0.1) is 28.4 Å². The van der Waals surface area contributed by atoms with Crippen molar-refractivity contribution in [3.05, 3.63) is 26.4 Å². The number of benzene rings is 1. The molecule has 0 bridgehead atoms. The Labute approximate surface area is 110 Å². The lowest BCUT2D eigenvalue weighted by atomic mass is 10.3. The Balaban J connectivity index is 2.92. The quantitative estimate of drug-likeness (QED) is 0.587. The third kappa shape index (κ3) is 3.21. The lowest BCUT2D eigenvalue weighted by Crippen LogP contribution is -2.23. The van der Waals surface area contributed by atoms with Gasteiger partial charge in [-0.25, -0.2) is 4.39 Å². The van der Waals surface area contributed by atoms with Crippen LogP contribution in [-0.4, -0.2) is 29.5 Å². The molecule has 0 fully saturated rings. The first-order valence-electron chi connectivity index (χ1n) is 4.33. The van der Waals surface area contributed by atoms with E-state index in [2.05, 4.69) is 21.2 Å². The van der Waals surface area contributed by atoms with Crippen LogP contribution in [0.15, 0.2) is 10.5 Å². The molecule has 3 nitrogen and oxygen atoms in total. The molecular formula is C9H9BrCl2FNO2. The predicted octanol–water partition coefficient (Wildman–Crippen LogP) is 2.66. The van der Waals surface area contributed by atoms with Crippen molar-refractivity contribution in [1.29, 1.82) is 0 Å². The fourth-order valence-corrected chi connectivity index (χ4v) is 2.03. The van der Waals surface area contributed by atoms with Crippen molar-refractivity contribution < 1.29 is 14.6 Å². The summed E-state index contributed by atoms with van der Waals surface area (Å²) in [5.41, 5.74) is 0.0990. The van der Waals surface area contributed by atoms with Crippen molar-refractivity contribution in [3.8, 4) is 0 Å². The summed E-state index contributed by atoms with van der Waals surface area (Å²) in [6.07, 6.45) is -0.972. The zero-order valence-corrected chi connectivity index (χ0v) is 11.1. The SMILES string of the molecule is OCC(O)CNc1c(Br)cc(Cl)c(Cl)c1F. The topological polar surface area (TPSA) is 52.5 Å². The molecule has 0 saturated carbocycles. The highest BCUT2D eigenvalue weighted by molar-refractivity contribution is 9.10. The molecule has 7 heteroatoms. The molecule has 0 amide bonds. The van der Waals surface area contributed by atoms with Crippen LogP contribution in [0.5, 0.6) is 0 Å². The number of anilines is 1. The largest absolute Gasteiger partial charge is 0.394 e. The summed E-state index contributed by atoms with van der Waals surface area (Å²) in [7, 11) is 0. The summed E-state index contributed by atoms with van der Waals surface area (Å²) in [6.45, 7) is -0.405. The zero-order valence-electron chi connectivity index (χ0n) is 7.98. The van der Waals surface area contributed by atoms with Crippen LogP contribution in [0.2, 0.25) is 10.0 Å². The van der Waals surface area contributed by atoms with Gasteiger partial charge >= 0.3 is 0 Å². The summed E-state index contributed by atoms with van der Waals surface area (Å²) in [5.74, 6) is -0.703. The molecule has 90 valence electrons. The maximum Gasteiger partial charge on any atom is 0.167 e. The number of nitrogens with one attached hydrogen (secondary N) is 1. The van der Waals surface area contributed by atoms with E-state index in [1.54, 1.807) is 0 Å². The maximum absolute atomic E-state index is 13.6. The van der Waals surface area contributed by atoms with Gasteiger partial charge in [-0.05, 0) is 22.0 Å². The van der Waals surface area contributed by atoms with Crippen LogP contribution in [0.4, 0.5) is 10.1 Å². The minimum absolute atomic E-state index is 0.00395. The Kier molecular flexibility index (Phi) is 5.27. The van der Waals surface area contributed by atoms with E-state index in [0.717, 1.165) is 0 Å². The number of aliphatic hydroxyl groups is 2. The highest BCUT2D eigenvalue weighted by Gasteiger charge is 2.15. The minimum atomic E-state index is -0.972. The van der Waals surface area contributed by atoms with Gasteiger partial charge in [-0.1, -0.05) is 23.2 Å². The molecule has 1 aromatic carbocycles. The van der Waals surface area contributed by atoms with Crippen LogP contribution in [0.25, 0.3) is 0 Å². The van der Waals surface area contributed by atoms with Crippen molar-refractivity contribution in [1.82, 2.24) is 0 Å². The van der Waals surface area contributed by atoms with Crippen LogP contribution in [0.1, 0.15) is 0 Å². The molecule has 0 saturated heterocycles. The summed E-state index contributed by atoms with van der Waals surface area (Å²) < 4.78 is 14.0. The van der Waals surface area contributed by atoms with Gasteiger partial charge in [0.25, 0.3) is 0 Å². The van der Waals surface area contributed by atoms with Gasteiger partial charge in [0.1, 0.15) is 0 Å². The molecule has 0 aromatic heterocycles. The van der Waals surface area contributed by atoms with Crippen molar-refractivity contribution in [2.24, 2.45) is 0 Å². The van der Waals surface area contributed by atoms with Crippen molar-refractivity contribution in [3.63, 3.8) is 0 Å². The van der Waals surface area contributed by atoms with Crippen LogP contribution in [0, 0.1) is 5.82 Å². The predicted molar refractivity (Wildman–Crippen MR) is 65.7 cm³/mol. The molecule has 16 heavy (non-hydrogen) atoms. The normalized spacial score (nSPS) is 12.6. The van der Waals surface area contributed by atoms with Gasteiger partial charge in [0, 0.05) is 11.0 Å². The Morgan fingerprint density at radius 3 is 2.69 bits per heavy atom. The molecule has 1 aromatic rings. The van der Waals surface area contributed by atoms with E-state index in [0.29, 0.717) is 4.47 Å². The first-order valence-corrected chi connectivity index (χ1v) is 5.88. The Hall–Kier alpha value is -0.0700. The number of halogens is 4. The molecule has 1 unspecified atom stereocenters. The smallest absolute Gasteiger partial charge is 0.167 e. The van der Waals surface area contributed by atoms with E-state index in [4.69, 9.17) is 33.4 Å². The van der Waals surface area contributed by atoms with E-state index in [1.165, 1.54) is 6.07 Å². The summed E-state index contributed by atoms with van der Waals surface area (Å²) in [6, 6.07) is 1.45. The van der Waals surface area contributed by atoms with Gasteiger partial charge in [-0.15, -0.1) is 0 Å². The second kappa shape index (κ2) is 6.02. The van der Waals surface area contributed by atoms with E-state index in [9.17, 15) is 4.39 Å². The molecule has 0 spiro atoms. The van der Waals surface area contributed by atoms with E-state index >= 15 is 0 Å². The molecule has 0 aliphatic carbocycles. The molecule has 3 N–H and O–H groups in total. The maximum atomic E-state index is 13.6. The average Bonchev–Trinajstić information content (AvgIpc) is 2.25. The fraction of sp³-hybridized carbons (Fsp3) is 0.333. The average molecular weight is 333 g/mol. The van der Waals surface area contributed by atoms with Crippen molar-refractivity contribution in [2.45, 2.75) is 6.10 Å². The molecule has 1 atom stereocenters. The van der Waals surface area contributed by atoms with Gasteiger partial charge in [0.15, 0.2) is 5.82 Å². The van der Waals surface area contributed by atoms with Gasteiger partial charge in [-0.2, -0.15) is 0 Å². The highest BCUT2D eigenvalue weighted by Crippen LogP contribution is 2.36. The number of aliphatic hydroxyl groups excluding tert-OH is 2. The lowest BCUT2D eigenvalue weighted by molar-refractivity contribution is 0.105. The first kappa shape index (κ1) is 14.0. The lowest BCUT2D eigenvalue weighted by Gasteiger charge is -2.13. The summed E-state index contributed by atoms with van der Waals surface area (Å²) in [4.78, 5) is 0. The standard InChI is InChI=1S/C9H9BrCl2FNO2/c10-5-1-6(11)7(12)8(13)9(5)14-2-4(16)3-15/h1,4,14-16H,2-3H2. The monoisotopic (exact) mass is 331 g/mol. The van der Waals surface area contributed by atoms with E-state index in [-0.39, 0.29) is 22.3 Å². The number of hydrogen-bond donors (Lipinski definition) is 3. The van der Waals surface area contributed by atoms with Crippen LogP contribution in [-0.2, 0) is 0 Å². The zero-order chi connectivity index (χ0) is 12.3. The molecule has 1 rings (SSSR count). The van der Waals surface area contributed by atoms with Gasteiger partial charge in [-0.3, -0.25) is 0 Å². The second-order valence-corrected chi connectivity index (χ2v) is 4.70. The minimum Gasteiger partial charge on any atom is -0.394 e. The van der Waals surface area contributed by atoms with Crippen LogP contribution >= 0.6 is 39.1 Å². The molecule has 0 aliphatic rings. The third-order valence-corrected chi connectivity index (χ3v) is 3.23. The summed E-state index contributed by atoms with van der Waals surface area (Å²) >= 11 is 14.4. The highest BCUT2D eigenvalue weighted by atomic mass is 79.9. The molecule has 0 radical (unpaired) electrons. The Bertz CT molecular complexity index is 392. The Morgan fingerprint density at radius 2 is 2.12 bits per heavy atom. The van der Waals surface area contributed by atoms with E-state index in [1.807, 2.05) is 0 Å². The van der Waals surface area contributed by atoms with Crippen molar-refractivity contribution in [2.75, 3.05) is 18.5 Å². The summed E-state index contributed by atoms with van der Waals surface area (Å²) in [5, 5.41) is 20.3. The fourth-order valence-electron chi connectivity index (χ4n) is 1.01. The Morgan fingerprint density at radius 1 is 1.50 bits per heavy atom. The number of rotatable bonds is 4. The number of hydrogen-bond acceptors (Lipinski definition) is 3. The third-order valence-electron chi connectivity index (χ3n) is 1.84. The van der Waals surface area contributed by atoms with Crippen LogP contribution in [0.3, 0.4) is 0 Å². The molecular weight excluding hydrogens is 324 g/mol. The molecule has 0 heterocycles. The van der Waals surface area contributed by atoms with Crippen molar-refractivity contribution >= 4 is 44.8 Å². The van der Waals surface area contributed by atoms with Gasteiger partial charge < -0.3 is 15.5 Å². The second-order valence-electron chi connectivity index (χ2n) is 3.06. The molecule has 0 aliphatic heterocycles.